The second-order valence-electron chi connectivity index (χ2n) is 9.37. The van der Waals surface area contributed by atoms with Crippen molar-refractivity contribution in [3.05, 3.63) is 78.4 Å². The Bertz CT molecular complexity index is 1520. The van der Waals surface area contributed by atoms with Crippen molar-refractivity contribution >= 4 is 45.7 Å². The molecule has 2 N–H and O–H groups in total. The number of nitrogens with one attached hydrogen (secondary N) is 2. The highest BCUT2D eigenvalue weighted by molar-refractivity contribution is 6.08. The van der Waals surface area contributed by atoms with Crippen molar-refractivity contribution in [3.8, 4) is 0 Å². The number of Topliss-reactive ketones (excluding diaryl/α,β-unsaturated/α-hetero) is 1. The molecule has 5 rings (SSSR count). The van der Waals surface area contributed by atoms with Crippen LogP contribution in [0.25, 0.3) is 10.9 Å². The summed E-state index contributed by atoms with van der Waals surface area (Å²) < 4.78 is 16.1. The molecule has 4 aromatic rings. The summed E-state index contributed by atoms with van der Waals surface area (Å²) in [6.07, 6.45) is 3.61. The number of nitrogens with zero attached hydrogens (tertiary/aromatic N) is 4. The van der Waals surface area contributed by atoms with Crippen LogP contribution in [0, 0.1) is 6.92 Å². The molecule has 1 aliphatic heterocycles. The Hall–Kier alpha value is -4.60. The minimum atomic E-state index is -1.31. The summed E-state index contributed by atoms with van der Waals surface area (Å²) in [7, 11) is 0. The number of likely N-dealkylation sites (tertiary alicyclic amines) is 1. The normalized spacial score (nSPS) is 17.0. The fourth-order valence-corrected chi connectivity index (χ4v) is 4.76. The second-order valence-corrected chi connectivity index (χ2v) is 9.37. The predicted octanol–water partition coefficient (Wildman–Crippen LogP) is 4.26. The Labute approximate surface area is 218 Å². The number of anilines is 3. The maximum Gasteiger partial charge on any atom is 0.248 e. The first-order chi connectivity index (χ1) is 18.3. The Kier molecular flexibility index (Phi) is 6.87. The van der Waals surface area contributed by atoms with Gasteiger partial charge in [-0.25, -0.2) is 9.37 Å². The number of rotatable bonds is 7. The van der Waals surface area contributed by atoms with Gasteiger partial charge in [-0.2, -0.15) is 0 Å². The van der Waals surface area contributed by atoms with Gasteiger partial charge in [0.25, 0.3) is 0 Å². The zero-order valence-electron chi connectivity index (χ0n) is 21.0. The van der Waals surface area contributed by atoms with E-state index >= 15 is 0 Å². The molecule has 9 nitrogen and oxygen atoms in total. The van der Waals surface area contributed by atoms with Crippen LogP contribution in [-0.4, -0.2) is 55.8 Å². The van der Waals surface area contributed by atoms with Gasteiger partial charge in [-0.1, -0.05) is 6.07 Å². The number of amides is 2. The molecule has 0 bridgehead atoms. The quantitative estimate of drug-likeness (QED) is 0.357. The van der Waals surface area contributed by atoms with Gasteiger partial charge in [-0.05, 0) is 56.3 Å². The van der Waals surface area contributed by atoms with Crippen molar-refractivity contribution in [3.63, 3.8) is 0 Å². The summed E-state index contributed by atoms with van der Waals surface area (Å²) in [4.78, 5) is 48.3. The van der Waals surface area contributed by atoms with Crippen LogP contribution in [0.3, 0.4) is 0 Å². The summed E-state index contributed by atoms with van der Waals surface area (Å²) in [5.41, 5.74) is 3.43. The van der Waals surface area contributed by atoms with E-state index in [1.54, 1.807) is 48.3 Å². The van der Waals surface area contributed by atoms with Gasteiger partial charge in [0.15, 0.2) is 5.78 Å². The van der Waals surface area contributed by atoms with Crippen molar-refractivity contribution in [2.75, 3.05) is 17.2 Å². The number of benzene rings is 1. The molecule has 2 amide bonds. The number of pyridine rings is 2. The number of carbonyl (C=O) groups excluding carboxylic acids is 3. The molecule has 1 aromatic carbocycles. The summed E-state index contributed by atoms with van der Waals surface area (Å²) in [5.74, 6) is -0.688. The van der Waals surface area contributed by atoms with Crippen LogP contribution < -0.4 is 10.6 Å². The number of fused-ring (bicyclic) bond motifs is 1. The molecule has 1 saturated heterocycles. The second kappa shape index (κ2) is 10.4. The van der Waals surface area contributed by atoms with Crippen molar-refractivity contribution in [2.24, 2.45) is 0 Å². The van der Waals surface area contributed by atoms with Crippen molar-refractivity contribution in [1.29, 1.82) is 0 Å². The molecule has 1 fully saturated rings. The van der Waals surface area contributed by atoms with E-state index in [-0.39, 0.29) is 25.3 Å². The van der Waals surface area contributed by atoms with Crippen LogP contribution in [0.1, 0.15) is 29.4 Å². The molecule has 0 aliphatic carbocycles. The number of halogens is 1. The lowest BCUT2D eigenvalue weighted by Gasteiger charge is -2.24. The minimum Gasteiger partial charge on any atom is -0.354 e. The summed E-state index contributed by atoms with van der Waals surface area (Å²) >= 11 is 0. The molecule has 0 saturated carbocycles. The highest BCUT2D eigenvalue weighted by Crippen LogP contribution is 2.28. The zero-order valence-corrected chi connectivity index (χ0v) is 21.0. The lowest BCUT2D eigenvalue weighted by Crippen LogP contribution is -2.44. The molecule has 1 aliphatic rings. The molecular weight excluding hydrogens is 487 g/mol. The van der Waals surface area contributed by atoms with Gasteiger partial charge in [-0.15, -0.1) is 0 Å². The van der Waals surface area contributed by atoms with E-state index in [1.807, 2.05) is 30.3 Å². The Morgan fingerprint density at radius 3 is 2.68 bits per heavy atom. The molecule has 0 unspecified atom stereocenters. The van der Waals surface area contributed by atoms with Gasteiger partial charge < -0.3 is 20.1 Å². The molecule has 38 heavy (non-hydrogen) atoms. The maximum absolute atomic E-state index is 14.4. The average molecular weight is 515 g/mol. The van der Waals surface area contributed by atoms with E-state index in [2.05, 4.69) is 20.6 Å². The first kappa shape index (κ1) is 25.1. The molecular formula is C28H27FN6O3. The monoisotopic (exact) mass is 514 g/mol. The van der Waals surface area contributed by atoms with Gasteiger partial charge in [0.2, 0.25) is 11.8 Å². The summed E-state index contributed by atoms with van der Waals surface area (Å²) in [6.45, 7) is 2.96. The van der Waals surface area contributed by atoms with Crippen molar-refractivity contribution in [2.45, 2.75) is 39.0 Å². The molecule has 0 radical (unpaired) electrons. The largest absolute Gasteiger partial charge is 0.354 e. The zero-order chi connectivity index (χ0) is 26.8. The number of hydrogen-bond donors (Lipinski definition) is 2. The van der Waals surface area contributed by atoms with E-state index < -0.39 is 24.0 Å². The van der Waals surface area contributed by atoms with E-state index in [0.29, 0.717) is 22.3 Å². The third-order valence-electron chi connectivity index (χ3n) is 6.53. The number of alkyl halides is 1. The standard InChI is InChI=1S/C28H27FN6O3/c1-17-5-3-7-26(31-17)33-28(38)25-11-19(29)14-35(25)27(37)16-34-15-23(18(2)36)22-12-20(8-9-24(22)34)32-21-6-4-10-30-13-21/h3-10,12-13,15,19,25,32H,11,14,16H2,1-2H3,(H,31,33,38)/t19-,25+/m1/s1. The van der Waals surface area contributed by atoms with E-state index in [0.717, 1.165) is 17.1 Å². The molecule has 4 heterocycles. The minimum absolute atomic E-state index is 0.0854. The van der Waals surface area contributed by atoms with Crippen LogP contribution in [0.4, 0.5) is 21.6 Å². The fraction of sp³-hybridized carbons (Fsp3) is 0.250. The van der Waals surface area contributed by atoms with Gasteiger partial charge in [-0.3, -0.25) is 19.4 Å². The van der Waals surface area contributed by atoms with E-state index in [1.165, 1.54) is 11.8 Å². The third-order valence-corrected chi connectivity index (χ3v) is 6.53. The van der Waals surface area contributed by atoms with Crippen LogP contribution >= 0.6 is 0 Å². The molecule has 10 heteroatoms. The topological polar surface area (TPSA) is 109 Å². The SMILES string of the molecule is CC(=O)c1cn(CC(=O)N2C[C@H](F)C[C@H]2C(=O)Nc2cccc(C)n2)c2ccc(Nc3cccnc3)cc12. The van der Waals surface area contributed by atoms with Gasteiger partial charge in [0, 0.05) is 46.7 Å². The van der Waals surface area contributed by atoms with Crippen LogP contribution in [-0.2, 0) is 16.1 Å². The average Bonchev–Trinajstić information content (AvgIpc) is 3.45. The van der Waals surface area contributed by atoms with Crippen molar-refractivity contribution in [1.82, 2.24) is 19.4 Å². The number of aromatic nitrogens is 3. The summed E-state index contributed by atoms with van der Waals surface area (Å²) in [5, 5.41) is 6.63. The lowest BCUT2D eigenvalue weighted by atomic mass is 10.1. The first-order valence-electron chi connectivity index (χ1n) is 12.3. The molecule has 0 spiro atoms. The maximum atomic E-state index is 14.4. The number of carbonyl (C=O) groups is 3. The van der Waals surface area contributed by atoms with E-state index in [9.17, 15) is 18.8 Å². The van der Waals surface area contributed by atoms with Crippen LogP contribution in [0.5, 0.6) is 0 Å². The Morgan fingerprint density at radius 1 is 1.11 bits per heavy atom. The molecule has 194 valence electrons. The molecule has 2 atom stereocenters. The van der Waals surface area contributed by atoms with Gasteiger partial charge in [0.1, 0.15) is 24.6 Å². The van der Waals surface area contributed by atoms with Crippen LogP contribution in [0.2, 0.25) is 0 Å². The predicted molar refractivity (Wildman–Crippen MR) is 142 cm³/mol. The number of hydrogen-bond acceptors (Lipinski definition) is 6. The van der Waals surface area contributed by atoms with Gasteiger partial charge in [0.05, 0.1) is 18.4 Å². The smallest absolute Gasteiger partial charge is 0.248 e. The van der Waals surface area contributed by atoms with E-state index in [4.69, 9.17) is 0 Å². The molecule has 3 aromatic heterocycles. The first-order valence-corrected chi connectivity index (χ1v) is 12.3. The lowest BCUT2D eigenvalue weighted by molar-refractivity contribution is -0.137. The summed E-state index contributed by atoms with van der Waals surface area (Å²) in [6, 6.07) is 13.5. The fourth-order valence-electron chi connectivity index (χ4n) is 4.76. The Balaban J connectivity index is 1.38. The highest BCUT2D eigenvalue weighted by atomic mass is 19.1. The van der Waals surface area contributed by atoms with Crippen molar-refractivity contribution < 1.29 is 18.8 Å². The third kappa shape index (κ3) is 5.24. The highest BCUT2D eigenvalue weighted by Gasteiger charge is 2.40. The number of ketones is 1. The van der Waals surface area contributed by atoms with Crippen LogP contribution in [0.15, 0.2) is 67.1 Å². The van der Waals surface area contributed by atoms with Gasteiger partial charge >= 0.3 is 0 Å². The number of aryl methyl sites for hydroxylation is 1. The Morgan fingerprint density at radius 2 is 1.95 bits per heavy atom.